The highest BCUT2D eigenvalue weighted by Crippen LogP contribution is 2.20. The van der Waals surface area contributed by atoms with Gasteiger partial charge in [-0.15, -0.1) is 0 Å². The summed E-state index contributed by atoms with van der Waals surface area (Å²) in [5, 5.41) is 18.1. The van der Waals surface area contributed by atoms with Gasteiger partial charge in [-0.25, -0.2) is 9.18 Å². The molecule has 16 heavy (non-hydrogen) atoms. The summed E-state index contributed by atoms with van der Waals surface area (Å²) >= 11 is 0. The van der Waals surface area contributed by atoms with E-state index in [9.17, 15) is 14.3 Å². The fourth-order valence-electron chi connectivity index (χ4n) is 1.10. The topological polar surface area (TPSA) is 66.8 Å². The van der Waals surface area contributed by atoms with Crippen molar-refractivity contribution in [3.63, 3.8) is 0 Å². The van der Waals surface area contributed by atoms with Crippen LogP contribution in [0.1, 0.15) is 23.7 Å². The van der Waals surface area contributed by atoms with Gasteiger partial charge in [-0.2, -0.15) is 0 Å². The number of aliphatic hydroxyl groups is 1. The Morgan fingerprint density at radius 1 is 1.56 bits per heavy atom. The van der Waals surface area contributed by atoms with Gasteiger partial charge in [0.1, 0.15) is 23.7 Å². The molecule has 1 aromatic rings. The molecule has 0 radical (unpaired) electrons. The van der Waals surface area contributed by atoms with Crippen LogP contribution >= 0.6 is 0 Å². The van der Waals surface area contributed by atoms with Crippen molar-refractivity contribution in [2.75, 3.05) is 6.61 Å². The number of hydrogen-bond acceptors (Lipinski definition) is 3. The monoisotopic (exact) mass is 228 g/mol. The zero-order chi connectivity index (χ0) is 12.1. The molecule has 0 amide bonds. The van der Waals surface area contributed by atoms with Crippen molar-refractivity contribution in [2.45, 2.75) is 19.4 Å². The van der Waals surface area contributed by atoms with E-state index >= 15 is 0 Å². The number of halogens is 1. The first kappa shape index (κ1) is 12.4. The lowest BCUT2D eigenvalue weighted by Gasteiger charge is -2.12. The third-order valence-corrected chi connectivity index (χ3v) is 2.08. The quantitative estimate of drug-likeness (QED) is 0.804. The summed E-state index contributed by atoms with van der Waals surface area (Å²) in [5.74, 6) is -1.84. The molecule has 4 nitrogen and oxygen atoms in total. The molecule has 1 aromatic carbocycles. The highest BCUT2D eigenvalue weighted by atomic mass is 19.1. The number of carbonyl (C=O) groups is 1. The van der Waals surface area contributed by atoms with Gasteiger partial charge in [0.15, 0.2) is 0 Å². The van der Waals surface area contributed by atoms with E-state index in [0.717, 1.165) is 18.2 Å². The van der Waals surface area contributed by atoms with E-state index in [0.29, 0.717) is 6.42 Å². The van der Waals surface area contributed by atoms with Gasteiger partial charge in [-0.1, -0.05) is 6.92 Å². The Hall–Kier alpha value is -1.62. The van der Waals surface area contributed by atoms with Crippen molar-refractivity contribution >= 4 is 5.97 Å². The van der Waals surface area contributed by atoms with Crippen molar-refractivity contribution in [2.24, 2.45) is 0 Å². The summed E-state index contributed by atoms with van der Waals surface area (Å²) in [6.45, 7) is 1.71. The summed E-state index contributed by atoms with van der Waals surface area (Å²) in [5.41, 5.74) is -0.121. The standard InChI is InChI=1S/C11H13FO4/c1-2-8(13)6-16-10-5-7(12)3-4-9(10)11(14)15/h3-5,8,13H,2,6H2,1H3,(H,14,15). The van der Waals surface area contributed by atoms with Gasteiger partial charge < -0.3 is 14.9 Å². The van der Waals surface area contributed by atoms with E-state index in [-0.39, 0.29) is 17.9 Å². The molecule has 1 rings (SSSR count). The minimum absolute atomic E-state index is 0.0553. The molecule has 0 spiro atoms. The molecule has 0 saturated heterocycles. The molecule has 5 heteroatoms. The molecule has 0 fully saturated rings. The van der Waals surface area contributed by atoms with Crippen LogP contribution < -0.4 is 4.74 Å². The number of ether oxygens (including phenoxy) is 1. The first-order valence-corrected chi connectivity index (χ1v) is 4.88. The molecule has 1 atom stereocenters. The Bertz CT molecular complexity index is 378. The normalized spacial score (nSPS) is 12.2. The Labute approximate surface area is 92.3 Å². The third kappa shape index (κ3) is 3.20. The van der Waals surface area contributed by atoms with Gasteiger partial charge in [-0.3, -0.25) is 0 Å². The highest BCUT2D eigenvalue weighted by Gasteiger charge is 2.13. The second kappa shape index (κ2) is 5.46. The maximum atomic E-state index is 12.9. The lowest BCUT2D eigenvalue weighted by molar-refractivity contribution is 0.0682. The summed E-state index contributed by atoms with van der Waals surface area (Å²) < 4.78 is 17.9. The SMILES string of the molecule is CCC(O)COc1cc(F)ccc1C(=O)O. The maximum absolute atomic E-state index is 12.9. The van der Waals surface area contributed by atoms with E-state index in [1.807, 2.05) is 0 Å². The van der Waals surface area contributed by atoms with E-state index in [1.165, 1.54) is 0 Å². The van der Waals surface area contributed by atoms with E-state index in [1.54, 1.807) is 6.92 Å². The highest BCUT2D eigenvalue weighted by molar-refractivity contribution is 5.90. The van der Waals surface area contributed by atoms with E-state index in [2.05, 4.69) is 0 Å². The minimum Gasteiger partial charge on any atom is -0.490 e. The Kier molecular flexibility index (Phi) is 4.25. The fourth-order valence-corrected chi connectivity index (χ4v) is 1.10. The number of rotatable bonds is 5. The predicted molar refractivity (Wildman–Crippen MR) is 55.2 cm³/mol. The first-order valence-electron chi connectivity index (χ1n) is 4.88. The van der Waals surface area contributed by atoms with Crippen molar-refractivity contribution in [3.8, 4) is 5.75 Å². The molecular weight excluding hydrogens is 215 g/mol. The van der Waals surface area contributed by atoms with E-state index < -0.39 is 17.9 Å². The van der Waals surface area contributed by atoms with Crippen LogP contribution in [-0.2, 0) is 0 Å². The van der Waals surface area contributed by atoms with Crippen LogP contribution in [0.15, 0.2) is 18.2 Å². The average molecular weight is 228 g/mol. The Morgan fingerprint density at radius 2 is 2.25 bits per heavy atom. The van der Waals surface area contributed by atoms with Gasteiger partial charge in [0, 0.05) is 6.07 Å². The number of hydrogen-bond donors (Lipinski definition) is 2. The molecule has 0 bridgehead atoms. The van der Waals surface area contributed by atoms with Gasteiger partial charge >= 0.3 is 5.97 Å². The molecule has 88 valence electrons. The largest absolute Gasteiger partial charge is 0.490 e. The number of benzene rings is 1. The van der Waals surface area contributed by atoms with Gasteiger partial charge in [0.2, 0.25) is 0 Å². The smallest absolute Gasteiger partial charge is 0.339 e. The lowest BCUT2D eigenvalue weighted by Crippen LogP contribution is -2.17. The Balaban J connectivity index is 2.84. The van der Waals surface area contributed by atoms with Crippen molar-refractivity contribution in [3.05, 3.63) is 29.6 Å². The first-order chi connectivity index (χ1) is 7.54. The van der Waals surface area contributed by atoms with Crippen LogP contribution in [0, 0.1) is 5.82 Å². The van der Waals surface area contributed by atoms with Crippen molar-refractivity contribution in [1.82, 2.24) is 0 Å². The summed E-state index contributed by atoms with van der Waals surface area (Å²) in [6.07, 6.45) is -0.206. The van der Waals surface area contributed by atoms with Crippen molar-refractivity contribution < 1.29 is 24.1 Å². The van der Waals surface area contributed by atoms with Gasteiger partial charge in [0.05, 0.1) is 6.10 Å². The summed E-state index contributed by atoms with van der Waals surface area (Å²) in [7, 11) is 0. The maximum Gasteiger partial charge on any atom is 0.339 e. The van der Waals surface area contributed by atoms with Gasteiger partial charge in [0.25, 0.3) is 0 Å². The molecule has 1 unspecified atom stereocenters. The number of carboxylic acid groups (broad SMARTS) is 1. The molecule has 2 N–H and O–H groups in total. The van der Waals surface area contributed by atoms with Crippen molar-refractivity contribution in [1.29, 1.82) is 0 Å². The van der Waals surface area contributed by atoms with Crippen LogP contribution in [0.4, 0.5) is 4.39 Å². The minimum atomic E-state index is -1.19. The molecular formula is C11H13FO4. The van der Waals surface area contributed by atoms with Crippen LogP contribution in [0.3, 0.4) is 0 Å². The van der Waals surface area contributed by atoms with Crippen LogP contribution in [0.25, 0.3) is 0 Å². The fraction of sp³-hybridized carbons (Fsp3) is 0.364. The molecule has 0 aliphatic carbocycles. The lowest BCUT2D eigenvalue weighted by atomic mass is 10.2. The molecule has 0 aliphatic heterocycles. The zero-order valence-electron chi connectivity index (χ0n) is 8.81. The van der Waals surface area contributed by atoms with Gasteiger partial charge in [-0.05, 0) is 18.6 Å². The van der Waals surface area contributed by atoms with Crippen LogP contribution in [0.5, 0.6) is 5.75 Å². The number of aromatic carboxylic acids is 1. The summed E-state index contributed by atoms with van der Waals surface area (Å²) in [6, 6.07) is 3.17. The third-order valence-electron chi connectivity index (χ3n) is 2.08. The molecule has 0 saturated carbocycles. The summed E-state index contributed by atoms with van der Waals surface area (Å²) in [4.78, 5) is 10.8. The number of carboxylic acids is 1. The second-order valence-electron chi connectivity index (χ2n) is 3.32. The average Bonchev–Trinajstić information content (AvgIpc) is 2.25. The predicted octanol–water partition coefficient (Wildman–Crippen LogP) is 1.67. The Morgan fingerprint density at radius 3 is 2.81 bits per heavy atom. The van der Waals surface area contributed by atoms with E-state index in [4.69, 9.17) is 9.84 Å². The second-order valence-corrected chi connectivity index (χ2v) is 3.32. The van der Waals surface area contributed by atoms with Crippen LogP contribution in [-0.4, -0.2) is 28.9 Å². The molecule has 0 aliphatic rings. The zero-order valence-corrected chi connectivity index (χ0v) is 8.81. The van der Waals surface area contributed by atoms with Crippen LogP contribution in [0.2, 0.25) is 0 Å². The number of aliphatic hydroxyl groups excluding tert-OH is 1. The molecule has 0 heterocycles. The molecule has 0 aromatic heterocycles.